The number of carbonyl (C=O) groups is 2. The number of H-pyrrole nitrogens is 1. The third-order valence-electron chi connectivity index (χ3n) is 5.45. The molecule has 1 heterocycles. The van der Waals surface area contributed by atoms with Crippen LogP contribution in [0.25, 0.3) is 10.9 Å². The summed E-state index contributed by atoms with van der Waals surface area (Å²) in [5, 5.41) is 7.19. The van der Waals surface area contributed by atoms with Crippen LogP contribution < -0.4 is 10.6 Å². The van der Waals surface area contributed by atoms with Gasteiger partial charge in [-0.15, -0.1) is 0 Å². The highest BCUT2D eigenvalue weighted by Gasteiger charge is 2.30. The Morgan fingerprint density at radius 2 is 1.83 bits per heavy atom. The Hall–Kier alpha value is -2.34. The zero-order valence-corrected chi connectivity index (χ0v) is 19.2. The molecule has 1 aromatic heterocycles. The van der Waals surface area contributed by atoms with Crippen LogP contribution in [0.1, 0.15) is 65.4 Å². The van der Waals surface area contributed by atoms with Gasteiger partial charge in [0.25, 0.3) is 0 Å². The number of benzene rings is 1. The highest BCUT2D eigenvalue weighted by Crippen LogP contribution is 2.30. The minimum atomic E-state index is -0.633. The second-order valence-corrected chi connectivity index (χ2v) is 9.06. The van der Waals surface area contributed by atoms with Gasteiger partial charge in [0.1, 0.15) is 11.6 Å². The first-order chi connectivity index (χ1) is 14.1. The quantitative estimate of drug-likeness (QED) is 0.403. The molecule has 6 heteroatoms. The van der Waals surface area contributed by atoms with Crippen molar-refractivity contribution in [3.63, 3.8) is 0 Å². The van der Waals surface area contributed by atoms with Gasteiger partial charge in [0.2, 0.25) is 5.91 Å². The van der Waals surface area contributed by atoms with Gasteiger partial charge < -0.3 is 20.4 Å². The van der Waals surface area contributed by atoms with Crippen LogP contribution in [-0.4, -0.2) is 42.1 Å². The van der Waals surface area contributed by atoms with Gasteiger partial charge in [-0.05, 0) is 71.2 Å². The highest BCUT2D eigenvalue weighted by atomic mass is 16.6. The molecular formula is C24H37N3O3. The Labute approximate surface area is 180 Å². The van der Waals surface area contributed by atoms with E-state index in [-0.39, 0.29) is 23.7 Å². The summed E-state index contributed by atoms with van der Waals surface area (Å²) < 4.78 is 5.55. The molecule has 1 amide bonds. The van der Waals surface area contributed by atoms with Gasteiger partial charge >= 0.3 is 5.97 Å². The number of hydrogen-bond donors (Lipinski definition) is 3. The fraction of sp³-hybridized carbons (Fsp3) is 0.583. The number of hydrogen-bond acceptors (Lipinski definition) is 4. The summed E-state index contributed by atoms with van der Waals surface area (Å²) in [6.07, 6.45) is 4.31. The Balaban J connectivity index is 2.08. The zero-order valence-electron chi connectivity index (χ0n) is 19.2. The summed E-state index contributed by atoms with van der Waals surface area (Å²) >= 11 is 0. The number of rotatable bonds is 10. The molecule has 2 rings (SSSR count). The molecule has 3 N–H and O–H groups in total. The molecule has 0 aliphatic heterocycles. The molecule has 0 aliphatic rings. The maximum atomic E-state index is 13.0. The molecule has 0 aliphatic carbocycles. The number of nitrogens with one attached hydrogen (secondary N) is 3. The molecule has 0 spiro atoms. The summed E-state index contributed by atoms with van der Waals surface area (Å²) in [5.74, 6) is -0.777. The van der Waals surface area contributed by atoms with Crippen LogP contribution in [0.3, 0.4) is 0 Å². The standard InChI is InChI=1S/C24H37N3O3/c1-16(19-15-26-20-12-8-7-11-18(19)20)17(2)22(28)27-21(13-9-10-14-25-6)23(29)30-24(3,4)5/h7-8,11-12,15-17,21,25-26H,9-10,13-14H2,1-6H3,(H,27,28)/t16-,17?,21?/m1/s1. The molecule has 0 saturated carbocycles. The Kier molecular flexibility index (Phi) is 8.47. The summed E-state index contributed by atoms with van der Waals surface area (Å²) in [4.78, 5) is 29.0. The lowest BCUT2D eigenvalue weighted by molar-refractivity contribution is -0.159. The predicted molar refractivity (Wildman–Crippen MR) is 121 cm³/mol. The molecule has 2 unspecified atom stereocenters. The SMILES string of the molecule is CNCCCCC(NC(=O)C(C)[C@@H](C)c1c[nH]c2ccccc12)C(=O)OC(C)(C)C. The number of para-hydroxylation sites is 1. The van der Waals surface area contributed by atoms with Crippen molar-refractivity contribution in [3.05, 3.63) is 36.0 Å². The monoisotopic (exact) mass is 415 g/mol. The van der Waals surface area contributed by atoms with Gasteiger partial charge in [-0.3, -0.25) is 4.79 Å². The van der Waals surface area contributed by atoms with Crippen molar-refractivity contribution in [1.82, 2.24) is 15.6 Å². The Bertz CT molecular complexity index is 838. The number of amides is 1. The highest BCUT2D eigenvalue weighted by molar-refractivity contribution is 5.88. The minimum absolute atomic E-state index is 0.00438. The third kappa shape index (κ3) is 6.59. The van der Waals surface area contributed by atoms with Gasteiger partial charge in [0.05, 0.1) is 0 Å². The Morgan fingerprint density at radius 3 is 2.50 bits per heavy atom. The average Bonchev–Trinajstić information content (AvgIpc) is 3.11. The lowest BCUT2D eigenvalue weighted by Gasteiger charge is -2.26. The summed E-state index contributed by atoms with van der Waals surface area (Å²) in [6, 6.07) is 7.45. The molecule has 0 saturated heterocycles. The van der Waals surface area contributed by atoms with Crippen molar-refractivity contribution in [3.8, 4) is 0 Å². The van der Waals surface area contributed by atoms with Crippen molar-refractivity contribution in [2.45, 2.75) is 71.4 Å². The molecule has 6 nitrogen and oxygen atoms in total. The van der Waals surface area contributed by atoms with E-state index in [4.69, 9.17) is 4.74 Å². The molecule has 0 fully saturated rings. The zero-order chi connectivity index (χ0) is 22.3. The van der Waals surface area contributed by atoms with E-state index in [9.17, 15) is 9.59 Å². The van der Waals surface area contributed by atoms with E-state index in [1.54, 1.807) is 0 Å². The van der Waals surface area contributed by atoms with Crippen molar-refractivity contribution in [2.75, 3.05) is 13.6 Å². The number of aromatic nitrogens is 1. The lowest BCUT2D eigenvalue weighted by Crippen LogP contribution is -2.46. The number of unbranched alkanes of at least 4 members (excludes halogenated alkanes) is 1. The molecule has 1 aromatic carbocycles. The first-order valence-electron chi connectivity index (χ1n) is 10.9. The Morgan fingerprint density at radius 1 is 1.13 bits per heavy atom. The van der Waals surface area contributed by atoms with Gasteiger partial charge in [-0.1, -0.05) is 32.0 Å². The van der Waals surface area contributed by atoms with Gasteiger partial charge in [0, 0.05) is 23.0 Å². The molecule has 2 aromatic rings. The van der Waals surface area contributed by atoms with Crippen molar-refractivity contribution >= 4 is 22.8 Å². The van der Waals surface area contributed by atoms with E-state index in [0.717, 1.165) is 35.9 Å². The smallest absolute Gasteiger partial charge is 0.329 e. The van der Waals surface area contributed by atoms with Crippen LogP contribution >= 0.6 is 0 Å². The van der Waals surface area contributed by atoms with Crippen LogP contribution in [0.15, 0.2) is 30.5 Å². The lowest BCUT2D eigenvalue weighted by atomic mass is 9.88. The first-order valence-corrected chi connectivity index (χ1v) is 10.9. The third-order valence-corrected chi connectivity index (χ3v) is 5.45. The second kappa shape index (κ2) is 10.6. The van der Waals surface area contributed by atoms with Gasteiger partial charge in [-0.25, -0.2) is 4.79 Å². The van der Waals surface area contributed by atoms with E-state index in [1.165, 1.54) is 0 Å². The van der Waals surface area contributed by atoms with E-state index in [0.29, 0.717) is 6.42 Å². The largest absolute Gasteiger partial charge is 0.458 e. The number of fused-ring (bicyclic) bond motifs is 1. The second-order valence-electron chi connectivity index (χ2n) is 9.06. The number of aromatic amines is 1. The average molecular weight is 416 g/mol. The first kappa shape index (κ1) is 23.9. The van der Waals surface area contributed by atoms with Crippen molar-refractivity contribution in [2.24, 2.45) is 5.92 Å². The molecule has 0 bridgehead atoms. The van der Waals surface area contributed by atoms with Gasteiger partial charge in [0.15, 0.2) is 0 Å². The van der Waals surface area contributed by atoms with E-state index >= 15 is 0 Å². The molecule has 0 radical (unpaired) electrons. The van der Waals surface area contributed by atoms with Gasteiger partial charge in [-0.2, -0.15) is 0 Å². The van der Waals surface area contributed by atoms with Crippen molar-refractivity contribution < 1.29 is 14.3 Å². The summed E-state index contributed by atoms with van der Waals surface area (Å²) in [5.41, 5.74) is 1.58. The maximum Gasteiger partial charge on any atom is 0.329 e. The number of ether oxygens (including phenoxy) is 1. The molecule has 3 atom stereocenters. The van der Waals surface area contributed by atoms with Crippen LogP contribution in [0, 0.1) is 5.92 Å². The van der Waals surface area contributed by atoms with Crippen LogP contribution in [-0.2, 0) is 14.3 Å². The van der Waals surface area contributed by atoms with Crippen LogP contribution in [0.5, 0.6) is 0 Å². The minimum Gasteiger partial charge on any atom is -0.458 e. The topological polar surface area (TPSA) is 83.2 Å². The molecule has 166 valence electrons. The fourth-order valence-corrected chi connectivity index (χ4v) is 3.54. The van der Waals surface area contributed by atoms with E-state index in [1.807, 2.05) is 59.1 Å². The van der Waals surface area contributed by atoms with Crippen molar-refractivity contribution in [1.29, 1.82) is 0 Å². The normalized spacial score (nSPS) is 14.9. The van der Waals surface area contributed by atoms with Crippen LogP contribution in [0.2, 0.25) is 0 Å². The fourth-order valence-electron chi connectivity index (χ4n) is 3.54. The molecular weight excluding hydrogens is 378 g/mol. The van der Waals surface area contributed by atoms with E-state index in [2.05, 4.69) is 28.6 Å². The predicted octanol–water partition coefficient (Wildman–Crippen LogP) is 4.12. The number of carbonyl (C=O) groups excluding carboxylic acids is 2. The summed E-state index contributed by atoms with van der Waals surface area (Å²) in [6.45, 7) is 10.4. The van der Waals surface area contributed by atoms with Crippen LogP contribution in [0.4, 0.5) is 0 Å². The van der Waals surface area contributed by atoms with E-state index < -0.39 is 11.6 Å². The summed E-state index contributed by atoms with van der Waals surface area (Å²) in [7, 11) is 1.90. The number of esters is 1. The maximum absolute atomic E-state index is 13.0. The molecule has 30 heavy (non-hydrogen) atoms.